The summed E-state index contributed by atoms with van der Waals surface area (Å²) in [6.07, 6.45) is 16.8. The lowest BCUT2D eigenvalue weighted by Crippen LogP contribution is -2.29. The third-order valence-electron chi connectivity index (χ3n) is 4.31. The summed E-state index contributed by atoms with van der Waals surface area (Å²) < 4.78 is 12.1. The van der Waals surface area contributed by atoms with E-state index in [1.165, 1.54) is 11.6 Å². The summed E-state index contributed by atoms with van der Waals surface area (Å²) >= 11 is 0. The van der Waals surface area contributed by atoms with E-state index < -0.39 is 0 Å². The third kappa shape index (κ3) is 7.26. The van der Waals surface area contributed by atoms with Crippen molar-refractivity contribution >= 4 is 5.84 Å². The molecule has 4 heteroatoms. The van der Waals surface area contributed by atoms with Crippen LogP contribution in [0.5, 0.6) is 0 Å². The Labute approximate surface area is 164 Å². The molecular weight excluding hydrogens is 337 g/mol. The van der Waals surface area contributed by atoms with E-state index in [9.17, 15) is 4.39 Å². The van der Waals surface area contributed by atoms with Gasteiger partial charge in [-0.1, -0.05) is 37.8 Å². The third-order valence-corrected chi connectivity index (χ3v) is 4.31. The van der Waals surface area contributed by atoms with Crippen LogP contribution >= 0.6 is 0 Å². The molecule has 0 aromatic carbocycles. The molecule has 0 saturated heterocycles. The fourth-order valence-electron chi connectivity index (χ4n) is 2.78. The van der Waals surface area contributed by atoms with Crippen LogP contribution in [-0.4, -0.2) is 35.8 Å². The average Bonchev–Trinajstić information content (AvgIpc) is 2.64. The molecule has 0 unspecified atom stereocenters. The molecule has 0 saturated carbocycles. The minimum Gasteiger partial charge on any atom is -0.369 e. The van der Waals surface area contributed by atoms with E-state index in [0.717, 1.165) is 35.8 Å². The number of hydrogen-bond donors (Lipinski definition) is 0. The SMILES string of the molecule is C=CC(=C\N1CC=C(CN(C)C(/C=C\C=C\F)=C/C)N=C1C)/C(C)=C/CC. The van der Waals surface area contributed by atoms with Crippen molar-refractivity contribution in [3.63, 3.8) is 0 Å². The number of aliphatic imine (C=N–C) groups is 1. The molecule has 0 amide bonds. The van der Waals surface area contributed by atoms with Crippen LogP contribution in [0.4, 0.5) is 4.39 Å². The topological polar surface area (TPSA) is 18.8 Å². The molecule has 0 aromatic rings. The summed E-state index contributed by atoms with van der Waals surface area (Å²) in [4.78, 5) is 8.98. The predicted octanol–water partition coefficient (Wildman–Crippen LogP) is 5.91. The smallest absolute Gasteiger partial charge is 0.106 e. The van der Waals surface area contributed by atoms with Crippen LogP contribution in [-0.2, 0) is 0 Å². The first-order valence-corrected chi connectivity index (χ1v) is 9.30. The van der Waals surface area contributed by atoms with Crippen LogP contribution in [0, 0.1) is 0 Å². The molecule has 0 bridgehead atoms. The Balaban J connectivity index is 2.85. The van der Waals surface area contributed by atoms with E-state index in [2.05, 4.69) is 48.6 Å². The molecule has 0 fully saturated rings. The van der Waals surface area contributed by atoms with Crippen molar-refractivity contribution in [3.05, 3.63) is 84.2 Å². The van der Waals surface area contributed by atoms with Crippen molar-refractivity contribution < 1.29 is 4.39 Å². The van der Waals surface area contributed by atoms with Crippen molar-refractivity contribution in [3.8, 4) is 0 Å². The van der Waals surface area contributed by atoms with Crippen LogP contribution in [0.25, 0.3) is 0 Å². The molecule has 1 rings (SSSR count). The van der Waals surface area contributed by atoms with Crippen LogP contribution in [0.2, 0.25) is 0 Å². The Morgan fingerprint density at radius 2 is 2.15 bits per heavy atom. The summed E-state index contributed by atoms with van der Waals surface area (Å²) in [6, 6.07) is 0. The average molecular weight is 370 g/mol. The first-order valence-electron chi connectivity index (χ1n) is 9.30. The van der Waals surface area contributed by atoms with Crippen molar-refractivity contribution in [1.82, 2.24) is 9.80 Å². The highest BCUT2D eigenvalue weighted by molar-refractivity contribution is 5.83. The number of hydrogen-bond acceptors (Lipinski definition) is 3. The molecule has 146 valence electrons. The van der Waals surface area contributed by atoms with Crippen molar-refractivity contribution in [2.45, 2.75) is 34.1 Å². The second kappa shape index (κ2) is 11.9. The van der Waals surface area contributed by atoms with Gasteiger partial charge in [-0.2, -0.15) is 0 Å². The predicted molar refractivity (Wildman–Crippen MR) is 116 cm³/mol. The van der Waals surface area contributed by atoms with Gasteiger partial charge in [-0.15, -0.1) is 0 Å². The van der Waals surface area contributed by atoms with Gasteiger partial charge >= 0.3 is 0 Å². The highest BCUT2D eigenvalue weighted by atomic mass is 19.1. The zero-order chi connectivity index (χ0) is 20.2. The summed E-state index contributed by atoms with van der Waals surface area (Å²) in [5.41, 5.74) is 4.37. The van der Waals surface area contributed by atoms with E-state index >= 15 is 0 Å². The van der Waals surface area contributed by atoms with E-state index in [-0.39, 0.29) is 0 Å². The fraction of sp³-hybridized carbons (Fsp3) is 0.348. The molecule has 0 radical (unpaired) electrons. The number of rotatable bonds is 9. The second-order valence-corrected chi connectivity index (χ2v) is 6.34. The maximum Gasteiger partial charge on any atom is 0.106 e. The van der Waals surface area contributed by atoms with E-state index in [0.29, 0.717) is 12.9 Å². The van der Waals surface area contributed by atoms with Gasteiger partial charge < -0.3 is 9.80 Å². The Hall–Kier alpha value is -2.62. The Kier molecular flexibility index (Phi) is 9.88. The summed E-state index contributed by atoms with van der Waals surface area (Å²) in [5.74, 6) is 0.961. The molecule has 1 aliphatic rings. The first kappa shape index (κ1) is 22.4. The minimum atomic E-state index is 0.526. The molecule has 0 aromatic heterocycles. The lowest BCUT2D eigenvalue weighted by molar-refractivity contribution is 0.459. The Morgan fingerprint density at radius 3 is 2.70 bits per heavy atom. The van der Waals surface area contributed by atoms with E-state index in [4.69, 9.17) is 4.99 Å². The lowest BCUT2D eigenvalue weighted by atomic mass is 10.1. The molecule has 27 heavy (non-hydrogen) atoms. The zero-order valence-corrected chi connectivity index (χ0v) is 17.2. The van der Waals surface area contributed by atoms with Gasteiger partial charge in [0.25, 0.3) is 0 Å². The van der Waals surface area contributed by atoms with Gasteiger partial charge in [0.1, 0.15) is 5.84 Å². The molecule has 1 heterocycles. The van der Waals surface area contributed by atoms with Gasteiger partial charge in [-0.25, -0.2) is 9.38 Å². The van der Waals surface area contributed by atoms with Crippen molar-refractivity contribution in [2.75, 3.05) is 20.1 Å². The molecule has 0 aliphatic carbocycles. The largest absolute Gasteiger partial charge is 0.369 e. The normalized spacial score (nSPS) is 16.8. The number of halogens is 1. The molecular formula is C23H32FN3. The first-order chi connectivity index (χ1) is 13.0. The lowest BCUT2D eigenvalue weighted by Gasteiger charge is -2.27. The zero-order valence-electron chi connectivity index (χ0n) is 17.2. The van der Waals surface area contributed by atoms with Crippen molar-refractivity contribution in [2.24, 2.45) is 4.99 Å². The Morgan fingerprint density at radius 1 is 1.41 bits per heavy atom. The van der Waals surface area contributed by atoms with Gasteiger partial charge in [0, 0.05) is 25.5 Å². The maximum atomic E-state index is 12.1. The standard InChI is InChI=1S/C23H32FN3/c1-7-12-19(4)21(8-2)17-27-16-14-22(25-20(27)5)18-26(6)23(9-3)13-10-11-15-24/h8-15,17H,2,7,16,18H2,1,3-6H3/b13-10-,15-11+,19-12+,21-17+,23-9+. The quantitative estimate of drug-likeness (QED) is 0.471. The highest BCUT2D eigenvalue weighted by Crippen LogP contribution is 2.17. The summed E-state index contributed by atoms with van der Waals surface area (Å²) in [5, 5.41) is 0. The van der Waals surface area contributed by atoms with Gasteiger partial charge in [0.2, 0.25) is 0 Å². The number of likely N-dealkylation sites (N-methyl/N-ethyl adjacent to an activating group) is 1. The fourth-order valence-corrected chi connectivity index (χ4v) is 2.78. The summed E-state index contributed by atoms with van der Waals surface area (Å²) in [6.45, 7) is 13.6. The van der Waals surface area contributed by atoms with Gasteiger partial charge in [0.05, 0.1) is 18.6 Å². The van der Waals surface area contributed by atoms with Gasteiger partial charge in [0.15, 0.2) is 0 Å². The Bertz CT molecular complexity index is 718. The van der Waals surface area contributed by atoms with Gasteiger partial charge in [-0.3, -0.25) is 0 Å². The van der Waals surface area contributed by atoms with Crippen LogP contribution < -0.4 is 0 Å². The molecule has 0 spiro atoms. The number of amidine groups is 1. The molecule has 0 N–H and O–H groups in total. The van der Waals surface area contributed by atoms with Gasteiger partial charge in [-0.05, 0) is 56.6 Å². The monoisotopic (exact) mass is 369 g/mol. The summed E-state index contributed by atoms with van der Waals surface area (Å²) in [7, 11) is 2.01. The van der Waals surface area contributed by atoms with Crippen LogP contribution in [0.3, 0.4) is 0 Å². The maximum absolute atomic E-state index is 12.1. The number of allylic oxidation sites excluding steroid dienone is 8. The highest BCUT2D eigenvalue weighted by Gasteiger charge is 2.13. The van der Waals surface area contributed by atoms with Crippen molar-refractivity contribution in [1.29, 1.82) is 0 Å². The van der Waals surface area contributed by atoms with E-state index in [1.54, 1.807) is 6.08 Å². The minimum absolute atomic E-state index is 0.526. The van der Waals surface area contributed by atoms with Crippen LogP contribution in [0.15, 0.2) is 89.2 Å². The molecule has 3 nitrogen and oxygen atoms in total. The number of nitrogens with zero attached hydrogens (tertiary/aromatic N) is 3. The molecule has 1 aliphatic heterocycles. The second-order valence-electron chi connectivity index (χ2n) is 6.34. The van der Waals surface area contributed by atoms with E-state index in [1.807, 2.05) is 39.1 Å². The van der Waals surface area contributed by atoms with Crippen LogP contribution in [0.1, 0.15) is 34.1 Å². The molecule has 0 atom stereocenters.